The van der Waals surface area contributed by atoms with E-state index in [1.807, 2.05) is 44.3 Å². The summed E-state index contributed by atoms with van der Waals surface area (Å²) in [5.41, 5.74) is 1.26. The number of fused-ring (bicyclic) bond motifs is 1. The summed E-state index contributed by atoms with van der Waals surface area (Å²) in [4.78, 5) is 34.2. The molecule has 0 aliphatic heterocycles. The van der Waals surface area contributed by atoms with Gasteiger partial charge in [-0.2, -0.15) is 0 Å². The number of rotatable bonds is 10. The number of non-ortho nitro benzene ring substituents is 1. The van der Waals surface area contributed by atoms with E-state index >= 15 is 0 Å². The Morgan fingerprint density at radius 2 is 1.66 bits per heavy atom. The molecular weight excluding hydrogens is 414 g/mol. The van der Waals surface area contributed by atoms with Crippen molar-refractivity contribution < 1.29 is 24.7 Å². The van der Waals surface area contributed by atoms with Gasteiger partial charge < -0.3 is 14.8 Å². The van der Waals surface area contributed by atoms with Crippen LogP contribution in [0.5, 0.6) is 0 Å². The lowest BCUT2D eigenvalue weighted by atomic mass is 10.0. The molecule has 1 heterocycles. The Labute approximate surface area is 184 Å². The first-order chi connectivity index (χ1) is 15.2. The maximum absolute atomic E-state index is 12.0. The Kier molecular flexibility index (Phi) is 6.89. The molecule has 0 saturated heterocycles. The van der Waals surface area contributed by atoms with E-state index in [0.29, 0.717) is 17.8 Å². The predicted molar refractivity (Wildman–Crippen MR) is 119 cm³/mol. The number of carboxylic acid groups (broad SMARTS) is 2. The summed E-state index contributed by atoms with van der Waals surface area (Å²) in [6, 6.07) is 11.3. The number of nitro benzene ring substituents is 1. The van der Waals surface area contributed by atoms with Crippen LogP contribution in [0, 0.1) is 16.0 Å². The van der Waals surface area contributed by atoms with Gasteiger partial charge in [0.2, 0.25) is 0 Å². The zero-order chi connectivity index (χ0) is 23.4. The van der Waals surface area contributed by atoms with Gasteiger partial charge in [-0.05, 0) is 24.5 Å². The fraction of sp³-hybridized carbons (Fsp3) is 0.304. The molecule has 32 heavy (non-hydrogen) atoms. The van der Waals surface area contributed by atoms with Gasteiger partial charge in [0.1, 0.15) is 12.1 Å². The minimum absolute atomic E-state index is 0.0295. The Morgan fingerprint density at radius 1 is 1.03 bits per heavy atom. The Balaban J connectivity index is 2.02. The first-order valence-electron chi connectivity index (χ1n) is 10.2. The second-order valence-corrected chi connectivity index (χ2v) is 8.09. The summed E-state index contributed by atoms with van der Waals surface area (Å²) >= 11 is 0. The molecule has 9 nitrogen and oxygen atoms in total. The van der Waals surface area contributed by atoms with Crippen LogP contribution < -0.4 is 5.32 Å². The summed E-state index contributed by atoms with van der Waals surface area (Å²) in [5, 5.41) is 34.8. The zero-order valence-corrected chi connectivity index (χ0v) is 17.8. The number of aliphatic carboxylic acids is 2. The van der Waals surface area contributed by atoms with Gasteiger partial charge in [-0.15, -0.1) is 0 Å². The number of carboxylic acids is 2. The van der Waals surface area contributed by atoms with Gasteiger partial charge in [0, 0.05) is 46.9 Å². The third kappa shape index (κ3) is 5.12. The van der Waals surface area contributed by atoms with Crippen molar-refractivity contribution in [1.82, 2.24) is 9.88 Å². The maximum atomic E-state index is 12.0. The fourth-order valence-corrected chi connectivity index (χ4v) is 3.76. The third-order valence-corrected chi connectivity index (χ3v) is 5.27. The van der Waals surface area contributed by atoms with E-state index in [-0.39, 0.29) is 18.0 Å². The smallest absolute Gasteiger partial charge is 0.321 e. The molecule has 2 atom stereocenters. The predicted octanol–water partition coefficient (Wildman–Crippen LogP) is 3.62. The van der Waals surface area contributed by atoms with Crippen LogP contribution in [-0.4, -0.2) is 43.7 Å². The molecule has 0 aliphatic rings. The Hall–Kier alpha value is -3.72. The van der Waals surface area contributed by atoms with Gasteiger partial charge in [-0.1, -0.05) is 38.1 Å². The average molecular weight is 439 g/mol. The second kappa shape index (κ2) is 9.61. The van der Waals surface area contributed by atoms with Gasteiger partial charge >= 0.3 is 11.9 Å². The minimum atomic E-state index is -1.15. The number of aromatic nitrogens is 1. The van der Waals surface area contributed by atoms with Crippen molar-refractivity contribution in [3.8, 4) is 5.69 Å². The van der Waals surface area contributed by atoms with Crippen LogP contribution in [0.3, 0.4) is 0 Å². The Morgan fingerprint density at radius 3 is 2.22 bits per heavy atom. The van der Waals surface area contributed by atoms with Crippen LogP contribution in [0.2, 0.25) is 0 Å². The van der Waals surface area contributed by atoms with Gasteiger partial charge in [-0.25, -0.2) is 0 Å². The first kappa shape index (κ1) is 23.0. The molecule has 0 radical (unpaired) electrons. The zero-order valence-electron chi connectivity index (χ0n) is 17.8. The number of carbonyl (C=O) groups is 2. The van der Waals surface area contributed by atoms with E-state index < -0.39 is 28.9 Å². The molecule has 1 aromatic heterocycles. The van der Waals surface area contributed by atoms with E-state index in [9.17, 15) is 29.9 Å². The van der Waals surface area contributed by atoms with Crippen molar-refractivity contribution in [2.24, 2.45) is 5.92 Å². The SMILES string of the molecule is CC(C)CC(NC(Cc1c2ccccc2cn1-c1ccc([N+](=O)[O-])cc1)C(=O)O)C(=O)O. The van der Waals surface area contributed by atoms with Crippen LogP contribution in [0.25, 0.3) is 16.5 Å². The minimum Gasteiger partial charge on any atom is -0.480 e. The van der Waals surface area contributed by atoms with Crippen molar-refractivity contribution in [3.05, 3.63) is 70.5 Å². The van der Waals surface area contributed by atoms with E-state index in [1.165, 1.54) is 12.1 Å². The van der Waals surface area contributed by atoms with Crippen molar-refractivity contribution in [3.63, 3.8) is 0 Å². The van der Waals surface area contributed by atoms with Gasteiger partial charge in [-0.3, -0.25) is 25.0 Å². The molecule has 168 valence electrons. The highest BCUT2D eigenvalue weighted by Crippen LogP contribution is 2.27. The number of nitrogens with one attached hydrogen (secondary N) is 1. The molecule has 0 aliphatic carbocycles. The number of nitro groups is 1. The molecular formula is C23H25N3O6. The van der Waals surface area contributed by atoms with Gasteiger partial charge in [0.25, 0.3) is 5.69 Å². The topological polar surface area (TPSA) is 135 Å². The molecule has 3 rings (SSSR count). The van der Waals surface area contributed by atoms with E-state index in [1.54, 1.807) is 16.7 Å². The fourth-order valence-electron chi connectivity index (χ4n) is 3.76. The van der Waals surface area contributed by atoms with Gasteiger partial charge in [0.05, 0.1) is 4.92 Å². The molecule has 0 spiro atoms. The molecule has 0 fully saturated rings. The van der Waals surface area contributed by atoms with Crippen molar-refractivity contribution >= 4 is 28.4 Å². The highest BCUT2D eigenvalue weighted by Gasteiger charge is 2.28. The van der Waals surface area contributed by atoms with Crippen LogP contribution in [0.1, 0.15) is 26.0 Å². The standard InChI is InChI=1S/C23H25N3O6/c1-14(2)11-19(22(27)28)24-20(23(29)30)12-21-18-6-4-3-5-15(18)13-25(21)16-7-9-17(10-8-16)26(31)32/h3-10,13-14,19-20,24H,11-12H2,1-2H3,(H,27,28)(H,29,30). The van der Waals surface area contributed by atoms with Crippen LogP contribution in [0.4, 0.5) is 5.69 Å². The molecule has 0 bridgehead atoms. The average Bonchev–Trinajstić information content (AvgIpc) is 3.10. The lowest BCUT2D eigenvalue weighted by Gasteiger charge is -2.22. The summed E-state index contributed by atoms with van der Waals surface area (Å²) in [6.45, 7) is 3.75. The number of benzene rings is 2. The molecule has 2 unspecified atom stereocenters. The van der Waals surface area contributed by atoms with Crippen molar-refractivity contribution in [1.29, 1.82) is 0 Å². The molecule has 3 N–H and O–H groups in total. The number of nitrogens with zero attached hydrogens (tertiary/aromatic N) is 2. The van der Waals surface area contributed by atoms with Crippen molar-refractivity contribution in [2.75, 3.05) is 0 Å². The monoisotopic (exact) mass is 439 g/mol. The molecule has 3 aromatic rings. The highest BCUT2D eigenvalue weighted by molar-refractivity contribution is 5.87. The lowest BCUT2D eigenvalue weighted by Crippen LogP contribution is -2.49. The highest BCUT2D eigenvalue weighted by atomic mass is 16.6. The largest absolute Gasteiger partial charge is 0.480 e. The van der Waals surface area contributed by atoms with Crippen LogP contribution in [-0.2, 0) is 16.0 Å². The van der Waals surface area contributed by atoms with E-state index in [0.717, 1.165) is 10.8 Å². The van der Waals surface area contributed by atoms with Crippen LogP contribution >= 0.6 is 0 Å². The Bertz CT molecular complexity index is 1140. The summed E-state index contributed by atoms with van der Waals surface area (Å²) in [6.07, 6.45) is 2.17. The summed E-state index contributed by atoms with van der Waals surface area (Å²) in [7, 11) is 0. The summed E-state index contributed by atoms with van der Waals surface area (Å²) < 4.78 is 1.80. The number of hydrogen-bond donors (Lipinski definition) is 3. The summed E-state index contributed by atoms with van der Waals surface area (Å²) in [5.74, 6) is -2.18. The van der Waals surface area contributed by atoms with E-state index in [4.69, 9.17) is 0 Å². The molecule has 0 amide bonds. The third-order valence-electron chi connectivity index (χ3n) is 5.27. The normalized spacial score (nSPS) is 13.2. The second-order valence-electron chi connectivity index (χ2n) is 8.09. The van der Waals surface area contributed by atoms with Gasteiger partial charge in [0.15, 0.2) is 0 Å². The quantitative estimate of drug-likeness (QED) is 0.324. The molecule has 2 aromatic carbocycles. The lowest BCUT2D eigenvalue weighted by molar-refractivity contribution is -0.384. The first-order valence-corrected chi connectivity index (χ1v) is 10.2. The van der Waals surface area contributed by atoms with E-state index in [2.05, 4.69) is 5.32 Å². The molecule has 9 heteroatoms. The number of hydrogen-bond acceptors (Lipinski definition) is 5. The van der Waals surface area contributed by atoms with Crippen molar-refractivity contribution in [2.45, 2.75) is 38.8 Å². The maximum Gasteiger partial charge on any atom is 0.321 e. The molecule has 0 saturated carbocycles. The van der Waals surface area contributed by atoms with Crippen LogP contribution in [0.15, 0.2) is 54.7 Å².